The Morgan fingerprint density at radius 1 is 1.42 bits per heavy atom. The molecule has 1 aromatic heterocycles. The highest BCUT2D eigenvalue weighted by atomic mass is 15.3. The van der Waals surface area contributed by atoms with E-state index in [0.29, 0.717) is 11.9 Å². The van der Waals surface area contributed by atoms with Crippen LogP contribution in [0.1, 0.15) is 19.8 Å². The first kappa shape index (κ1) is 13.8. The van der Waals surface area contributed by atoms with E-state index in [-0.39, 0.29) is 5.95 Å². The summed E-state index contributed by atoms with van der Waals surface area (Å²) < 4.78 is 0. The van der Waals surface area contributed by atoms with E-state index in [1.807, 2.05) is 6.07 Å². The first-order chi connectivity index (χ1) is 9.13. The van der Waals surface area contributed by atoms with Crippen molar-refractivity contribution in [2.75, 3.05) is 42.7 Å². The van der Waals surface area contributed by atoms with Crippen LogP contribution >= 0.6 is 0 Å². The third-order valence-corrected chi connectivity index (χ3v) is 3.55. The van der Waals surface area contributed by atoms with Crippen LogP contribution in [0.3, 0.4) is 0 Å². The summed E-state index contributed by atoms with van der Waals surface area (Å²) in [5.74, 6) is 7.06. The summed E-state index contributed by atoms with van der Waals surface area (Å²) in [4.78, 5) is 13.0. The molecule has 1 fully saturated rings. The van der Waals surface area contributed by atoms with Crippen molar-refractivity contribution in [3.63, 3.8) is 0 Å². The molecule has 1 aromatic rings. The molecule has 2 heterocycles. The van der Waals surface area contributed by atoms with Crippen LogP contribution in [0.2, 0.25) is 0 Å². The van der Waals surface area contributed by atoms with Crippen molar-refractivity contribution >= 4 is 17.6 Å². The average molecular weight is 265 g/mol. The normalized spacial score (nSPS) is 21.2. The van der Waals surface area contributed by atoms with Crippen LogP contribution in [-0.4, -0.2) is 47.6 Å². The highest BCUT2D eigenvalue weighted by Gasteiger charge is 2.23. The standard InChI is InChI=1S/C12H23N7/c1-3-9-8-18(2)5-4-6-19(9)11-7-10(17-14)15-12(13)16-11/h7,9H,3-6,8,14H2,1-2H3,(H3,13,15,16,17). The Morgan fingerprint density at radius 3 is 2.89 bits per heavy atom. The van der Waals surface area contributed by atoms with Crippen molar-refractivity contribution in [3.8, 4) is 0 Å². The number of nitrogens with two attached hydrogens (primary N) is 2. The number of nitrogens with one attached hydrogen (secondary N) is 1. The maximum Gasteiger partial charge on any atom is 0.223 e. The van der Waals surface area contributed by atoms with Crippen molar-refractivity contribution in [2.24, 2.45) is 5.84 Å². The molecule has 7 nitrogen and oxygen atoms in total. The molecule has 0 bridgehead atoms. The minimum atomic E-state index is 0.248. The molecule has 1 aliphatic rings. The molecule has 7 heteroatoms. The third-order valence-electron chi connectivity index (χ3n) is 3.55. The summed E-state index contributed by atoms with van der Waals surface area (Å²) >= 11 is 0. The fourth-order valence-electron chi connectivity index (χ4n) is 2.57. The third kappa shape index (κ3) is 3.24. The second-order valence-electron chi connectivity index (χ2n) is 4.99. The Kier molecular flexibility index (Phi) is 4.39. The summed E-state index contributed by atoms with van der Waals surface area (Å²) in [5, 5.41) is 0. The number of anilines is 3. The van der Waals surface area contributed by atoms with Gasteiger partial charge >= 0.3 is 0 Å². The monoisotopic (exact) mass is 265 g/mol. The van der Waals surface area contributed by atoms with E-state index in [4.69, 9.17) is 11.6 Å². The van der Waals surface area contributed by atoms with Gasteiger partial charge in [0.1, 0.15) is 11.6 Å². The van der Waals surface area contributed by atoms with E-state index in [9.17, 15) is 0 Å². The van der Waals surface area contributed by atoms with E-state index in [0.717, 1.165) is 38.3 Å². The maximum atomic E-state index is 5.74. The minimum absolute atomic E-state index is 0.248. The van der Waals surface area contributed by atoms with Gasteiger partial charge in [0.15, 0.2) is 0 Å². The van der Waals surface area contributed by atoms with Gasteiger partial charge in [0.25, 0.3) is 0 Å². The molecule has 0 aliphatic carbocycles. The van der Waals surface area contributed by atoms with Crippen molar-refractivity contribution in [1.29, 1.82) is 0 Å². The van der Waals surface area contributed by atoms with Gasteiger partial charge in [0, 0.05) is 25.2 Å². The van der Waals surface area contributed by atoms with Crippen LogP contribution < -0.4 is 21.9 Å². The lowest BCUT2D eigenvalue weighted by Gasteiger charge is -2.31. The molecule has 0 amide bonds. The van der Waals surface area contributed by atoms with Crippen LogP contribution in [0, 0.1) is 0 Å². The summed E-state index contributed by atoms with van der Waals surface area (Å²) in [6.45, 7) is 5.31. The summed E-state index contributed by atoms with van der Waals surface area (Å²) in [6, 6.07) is 2.29. The Balaban J connectivity index is 2.29. The molecular weight excluding hydrogens is 242 g/mol. The predicted octanol–water partition coefficient (Wildman–Crippen LogP) is 0.265. The molecule has 0 spiro atoms. The molecule has 1 saturated heterocycles. The smallest absolute Gasteiger partial charge is 0.223 e. The van der Waals surface area contributed by atoms with E-state index in [1.54, 1.807) is 0 Å². The zero-order chi connectivity index (χ0) is 13.8. The molecule has 0 radical (unpaired) electrons. The van der Waals surface area contributed by atoms with Gasteiger partial charge in [-0.25, -0.2) is 5.84 Å². The van der Waals surface area contributed by atoms with E-state index in [1.165, 1.54) is 0 Å². The zero-order valence-corrected chi connectivity index (χ0v) is 11.6. The highest BCUT2D eigenvalue weighted by Crippen LogP contribution is 2.22. The molecule has 1 atom stereocenters. The van der Waals surface area contributed by atoms with Crippen molar-refractivity contribution in [3.05, 3.63) is 6.07 Å². The second kappa shape index (κ2) is 6.03. The first-order valence-corrected chi connectivity index (χ1v) is 6.70. The number of hydrogen-bond acceptors (Lipinski definition) is 7. The average Bonchev–Trinajstić information content (AvgIpc) is 2.59. The highest BCUT2D eigenvalue weighted by molar-refractivity contribution is 5.52. The lowest BCUT2D eigenvalue weighted by molar-refractivity contribution is 0.327. The lowest BCUT2D eigenvalue weighted by Crippen LogP contribution is -2.40. The van der Waals surface area contributed by atoms with Crippen molar-refractivity contribution < 1.29 is 0 Å². The van der Waals surface area contributed by atoms with E-state index >= 15 is 0 Å². The molecule has 5 N–H and O–H groups in total. The van der Waals surface area contributed by atoms with E-state index < -0.39 is 0 Å². The summed E-state index contributed by atoms with van der Waals surface area (Å²) in [6.07, 6.45) is 2.18. The van der Waals surface area contributed by atoms with Gasteiger partial charge < -0.3 is 21.0 Å². The molecule has 1 aliphatic heterocycles. The molecule has 1 unspecified atom stereocenters. The molecule has 0 aromatic carbocycles. The van der Waals surface area contributed by atoms with Crippen molar-refractivity contribution in [2.45, 2.75) is 25.8 Å². The lowest BCUT2D eigenvalue weighted by atomic mass is 10.2. The molecule has 106 valence electrons. The summed E-state index contributed by atoms with van der Waals surface area (Å²) in [5.41, 5.74) is 8.28. The fraction of sp³-hybridized carbons (Fsp3) is 0.667. The topological polar surface area (TPSA) is 96.3 Å². The Morgan fingerprint density at radius 2 is 2.21 bits per heavy atom. The first-order valence-electron chi connectivity index (χ1n) is 6.70. The number of hydrogen-bond donors (Lipinski definition) is 3. The van der Waals surface area contributed by atoms with Gasteiger partial charge in [0.2, 0.25) is 5.95 Å². The number of rotatable bonds is 3. The summed E-state index contributed by atoms with van der Waals surface area (Å²) in [7, 11) is 2.16. The molecule has 0 saturated carbocycles. The second-order valence-corrected chi connectivity index (χ2v) is 4.99. The quantitative estimate of drug-likeness (QED) is 0.533. The largest absolute Gasteiger partial charge is 0.368 e. The number of nitrogens with zero attached hydrogens (tertiary/aromatic N) is 4. The zero-order valence-electron chi connectivity index (χ0n) is 11.6. The Hall–Kier alpha value is -1.60. The van der Waals surface area contributed by atoms with Gasteiger partial charge in [-0.1, -0.05) is 6.92 Å². The van der Waals surface area contributed by atoms with Gasteiger partial charge in [0.05, 0.1) is 0 Å². The van der Waals surface area contributed by atoms with Gasteiger partial charge in [-0.3, -0.25) is 0 Å². The SMILES string of the molecule is CCC1CN(C)CCCN1c1cc(NN)nc(N)n1. The van der Waals surface area contributed by atoms with Crippen LogP contribution in [0.15, 0.2) is 6.07 Å². The van der Waals surface area contributed by atoms with Crippen LogP contribution in [0.4, 0.5) is 17.6 Å². The van der Waals surface area contributed by atoms with Crippen LogP contribution in [0.25, 0.3) is 0 Å². The molecule has 19 heavy (non-hydrogen) atoms. The van der Waals surface area contributed by atoms with E-state index in [2.05, 4.69) is 39.2 Å². The van der Waals surface area contributed by atoms with Gasteiger partial charge in [-0.15, -0.1) is 0 Å². The van der Waals surface area contributed by atoms with Gasteiger partial charge in [-0.05, 0) is 26.4 Å². The van der Waals surface area contributed by atoms with Gasteiger partial charge in [-0.2, -0.15) is 9.97 Å². The van der Waals surface area contributed by atoms with Crippen LogP contribution in [0.5, 0.6) is 0 Å². The Bertz CT molecular complexity index is 423. The Labute approximate surface area is 114 Å². The number of nitrogen functional groups attached to an aromatic ring is 2. The fourth-order valence-corrected chi connectivity index (χ4v) is 2.57. The number of hydrazine groups is 1. The van der Waals surface area contributed by atoms with Crippen LogP contribution in [-0.2, 0) is 0 Å². The maximum absolute atomic E-state index is 5.74. The predicted molar refractivity (Wildman–Crippen MR) is 77.8 cm³/mol. The van der Waals surface area contributed by atoms with Crippen molar-refractivity contribution in [1.82, 2.24) is 14.9 Å². The number of aromatic nitrogens is 2. The number of likely N-dealkylation sites (N-methyl/N-ethyl adjacent to an activating group) is 1. The minimum Gasteiger partial charge on any atom is -0.368 e. The molecule has 2 rings (SSSR count). The molecular formula is C12H23N7.